The largest absolute Gasteiger partial charge is 0.481 e. The Hall–Kier alpha value is -3.37. The number of alkyl halides is 2. The molecule has 3 aliphatic heterocycles. The number of ether oxygens (including phenoxy) is 1. The Morgan fingerprint density at radius 2 is 2.09 bits per heavy atom. The highest BCUT2D eigenvalue weighted by Crippen LogP contribution is 2.42. The Balaban J connectivity index is 1.51. The minimum absolute atomic E-state index is 0.0419. The first kappa shape index (κ1) is 32.0. The predicted octanol–water partition coefficient (Wildman–Crippen LogP) is 2.91. The number of aliphatic imine (C=N–C) groups is 1. The fourth-order valence-corrected chi connectivity index (χ4v) is 6.63. The van der Waals surface area contributed by atoms with E-state index in [0.29, 0.717) is 16.4 Å². The highest BCUT2D eigenvalue weighted by Gasteiger charge is 2.61. The number of hydrogen-bond acceptors (Lipinski definition) is 11. The van der Waals surface area contributed by atoms with E-state index in [2.05, 4.69) is 10.3 Å². The molecular formula is C29H34F3N5O6S. The second kappa shape index (κ2) is 12.9. The van der Waals surface area contributed by atoms with Crippen LogP contribution in [0.4, 0.5) is 13.2 Å². The van der Waals surface area contributed by atoms with Gasteiger partial charge in [-0.15, -0.1) is 11.3 Å². The van der Waals surface area contributed by atoms with Gasteiger partial charge in [0.25, 0.3) is 5.92 Å². The third-order valence-electron chi connectivity index (χ3n) is 8.21. The summed E-state index contributed by atoms with van der Waals surface area (Å²) < 4.78 is 51.3. The molecule has 1 aromatic carbocycles. The number of β-amino-alcohol motifs (C(OH)–C–C–N with tert-alkyl or cyclic N) is 1. The molecule has 0 unspecified atom stereocenters. The number of aliphatic carboxylic acids is 1. The molecule has 238 valence electrons. The number of nitrogens with one attached hydrogen (secondary N) is 1. The number of benzene rings is 1. The van der Waals surface area contributed by atoms with Crippen LogP contribution in [0, 0.1) is 18.7 Å². The maximum atomic E-state index is 15.6. The maximum Gasteiger partial charge on any atom is 0.338 e. The summed E-state index contributed by atoms with van der Waals surface area (Å²) in [4.78, 5) is 41.1. The van der Waals surface area contributed by atoms with E-state index in [1.54, 1.807) is 38.4 Å². The van der Waals surface area contributed by atoms with E-state index < -0.39 is 66.9 Å². The summed E-state index contributed by atoms with van der Waals surface area (Å²) in [5.74, 6) is -6.57. The van der Waals surface area contributed by atoms with Crippen LogP contribution in [0.25, 0.3) is 0 Å². The van der Waals surface area contributed by atoms with Gasteiger partial charge in [-0.2, -0.15) is 5.06 Å². The van der Waals surface area contributed by atoms with Gasteiger partial charge in [0.1, 0.15) is 17.9 Å². The second-order valence-corrected chi connectivity index (χ2v) is 11.8. The molecule has 0 aliphatic carbocycles. The number of halogens is 3. The van der Waals surface area contributed by atoms with Crippen LogP contribution in [-0.2, 0) is 19.2 Å². The van der Waals surface area contributed by atoms with Gasteiger partial charge in [0, 0.05) is 23.8 Å². The van der Waals surface area contributed by atoms with E-state index in [4.69, 9.17) is 14.6 Å². The van der Waals surface area contributed by atoms with Gasteiger partial charge in [-0.05, 0) is 37.5 Å². The number of carbonyl (C=O) groups excluding carboxylic acids is 1. The first-order valence-electron chi connectivity index (χ1n) is 14.3. The predicted molar refractivity (Wildman–Crippen MR) is 154 cm³/mol. The number of aliphatic hydroxyl groups excluding tert-OH is 1. The smallest absolute Gasteiger partial charge is 0.338 e. The first-order valence-corrected chi connectivity index (χ1v) is 15.2. The second-order valence-electron chi connectivity index (χ2n) is 10.9. The van der Waals surface area contributed by atoms with Crippen molar-refractivity contribution in [3.05, 3.63) is 63.0 Å². The number of rotatable bonds is 11. The molecule has 11 nitrogen and oxygen atoms in total. The van der Waals surface area contributed by atoms with Crippen molar-refractivity contribution in [2.75, 3.05) is 32.8 Å². The van der Waals surface area contributed by atoms with Gasteiger partial charge >= 0.3 is 11.9 Å². The number of aliphatic hydroxyl groups is 1. The summed E-state index contributed by atoms with van der Waals surface area (Å²) in [6, 6.07) is 1.14. The molecule has 0 radical (unpaired) electrons. The summed E-state index contributed by atoms with van der Waals surface area (Å²) in [5, 5.41) is 26.3. The number of carboxylic acid groups (broad SMARTS) is 1. The van der Waals surface area contributed by atoms with Crippen molar-refractivity contribution in [3.63, 3.8) is 0 Å². The number of aromatic nitrogens is 1. The number of fused-ring (bicyclic) bond motifs is 1. The van der Waals surface area contributed by atoms with Crippen molar-refractivity contribution in [3.8, 4) is 0 Å². The zero-order chi connectivity index (χ0) is 31.8. The molecule has 0 saturated carbocycles. The normalized spacial score (nSPS) is 24.9. The lowest BCUT2D eigenvalue weighted by atomic mass is 9.92. The van der Waals surface area contributed by atoms with E-state index in [-0.39, 0.29) is 43.0 Å². The summed E-state index contributed by atoms with van der Waals surface area (Å²) >= 11 is 1.28. The van der Waals surface area contributed by atoms with Crippen LogP contribution >= 0.6 is 11.3 Å². The van der Waals surface area contributed by atoms with Crippen LogP contribution in [0.3, 0.4) is 0 Å². The Morgan fingerprint density at radius 3 is 2.75 bits per heavy atom. The number of carboxylic acids is 1. The molecule has 15 heteroatoms. The molecule has 0 amide bonds. The minimum Gasteiger partial charge on any atom is -0.481 e. The third-order valence-corrected chi connectivity index (χ3v) is 8.99. The number of esters is 1. The molecule has 0 spiro atoms. The Bertz CT molecular complexity index is 1450. The van der Waals surface area contributed by atoms with Gasteiger partial charge in [-0.1, -0.05) is 19.1 Å². The lowest BCUT2D eigenvalue weighted by Crippen LogP contribution is -2.49. The monoisotopic (exact) mass is 637 g/mol. The lowest BCUT2D eigenvalue weighted by molar-refractivity contribution is -0.197. The van der Waals surface area contributed by atoms with Crippen molar-refractivity contribution >= 4 is 29.1 Å². The van der Waals surface area contributed by atoms with Crippen LogP contribution in [0.15, 0.2) is 46.0 Å². The quantitative estimate of drug-likeness (QED) is 0.316. The average Bonchev–Trinajstić information content (AvgIpc) is 3.70. The number of hydroxylamine groups is 2. The molecule has 3 aliphatic rings. The van der Waals surface area contributed by atoms with E-state index in [9.17, 15) is 24.2 Å². The standard InChI is InChI=1S/C29H34F3N5O6S/c1-4-16(27(39)40)21(38)12-37-24-20(13-43-37)36(14-29(24,31)32)11-19-22(28(41)42-5-2)23(17-7-6-8-18(30)15(17)3)35-25(34-19)26-33-9-10-44-26/h6-10,16,20-21,23-24,38H,4-5,11-14H2,1-3H3,(H,34,35)(H,39,40)/t16-,20+,21-,23-,24-/m0/s1. The van der Waals surface area contributed by atoms with E-state index in [1.807, 2.05) is 0 Å². The zero-order valence-corrected chi connectivity index (χ0v) is 25.2. The SMILES string of the molecule is CCOC(=O)C1=C(CN2CC(F)(F)[C@@H]3[C@H]2CON3C[C@H](O)[C@H](CC)C(=O)O)NC(c2nccs2)=N[C@H]1c1cccc(F)c1C. The number of likely N-dealkylation sites (tertiary alicyclic amines) is 1. The summed E-state index contributed by atoms with van der Waals surface area (Å²) in [7, 11) is 0. The molecule has 4 heterocycles. The molecular weight excluding hydrogens is 603 g/mol. The highest BCUT2D eigenvalue weighted by atomic mass is 32.1. The fourth-order valence-electron chi connectivity index (χ4n) is 6.04. The Labute approximate surface area is 255 Å². The molecule has 0 bridgehead atoms. The van der Waals surface area contributed by atoms with Crippen LogP contribution < -0.4 is 5.32 Å². The van der Waals surface area contributed by atoms with Crippen molar-refractivity contribution in [1.29, 1.82) is 0 Å². The molecule has 5 atom stereocenters. The minimum atomic E-state index is -3.30. The van der Waals surface area contributed by atoms with Crippen LogP contribution in [0.5, 0.6) is 0 Å². The fraction of sp³-hybridized carbons (Fsp3) is 0.517. The number of nitrogens with zero attached hydrogens (tertiary/aromatic N) is 4. The number of carbonyl (C=O) groups is 2. The average molecular weight is 638 g/mol. The van der Waals surface area contributed by atoms with Crippen LogP contribution in [-0.4, -0.2) is 99.9 Å². The van der Waals surface area contributed by atoms with Crippen molar-refractivity contribution < 1.29 is 42.5 Å². The number of thiazole rings is 1. The van der Waals surface area contributed by atoms with Crippen LogP contribution in [0.2, 0.25) is 0 Å². The van der Waals surface area contributed by atoms with E-state index in [1.165, 1.54) is 28.4 Å². The van der Waals surface area contributed by atoms with Crippen LogP contribution in [0.1, 0.15) is 42.4 Å². The van der Waals surface area contributed by atoms with Crippen molar-refractivity contribution in [2.45, 2.75) is 57.3 Å². The highest BCUT2D eigenvalue weighted by molar-refractivity contribution is 7.11. The first-order chi connectivity index (χ1) is 21.0. The van der Waals surface area contributed by atoms with Crippen molar-refractivity contribution in [2.24, 2.45) is 10.9 Å². The Kier molecular flexibility index (Phi) is 9.41. The maximum absolute atomic E-state index is 15.6. The van der Waals surface area contributed by atoms with Gasteiger partial charge in [0.2, 0.25) is 0 Å². The molecule has 3 N–H and O–H groups in total. The number of hydrogen-bond donors (Lipinski definition) is 3. The lowest BCUT2D eigenvalue weighted by Gasteiger charge is -2.31. The molecule has 5 rings (SSSR count). The van der Waals surface area contributed by atoms with Gasteiger partial charge in [0.05, 0.1) is 49.9 Å². The van der Waals surface area contributed by atoms with E-state index in [0.717, 1.165) is 5.06 Å². The zero-order valence-electron chi connectivity index (χ0n) is 24.4. The Morgan fingerprint density at radius 1 is 1.32 bits per heavy atom. The summed E-state index contributed by atoms with van der Waals surface area (Å²) in [6.07, 6.45) is 0.271. The van der Waals surface area contributed by atoms with Gasteiger partial charge < -0.3 is 20.3 Å². The molecule has 1 aromatic heterocycles. The third kappa shape index (κ3) is 6.11. The number of amidine groups is 1. The summed E-state index contributed by atoms with van der Waals surface area (Å²) in [5.41, 5.74) is 1.01. The molecule has 2 saturated heterocycles. The molecule has 2 fully saturated rings. The van der Waals surface area contributed by atoms with Gasteiger partial charge in [-0.25, -0.2) is 22.9 Å². The van der Waals surface area contributed by atoms with Gasteiger partial charge in [-0.3, -0.25) is 19.5 Å². The molecule has 2 aromatic rings. The van der Waals surface area contributed by atoms with Crippen molar-refractivity contribution in [1.82, 2.24) is 20.3 Å². The van der Waals surface area contributed by atoms with E-state index >= 15 is 8.78 Å². The summed E-state index contributed by atoms with van der Waals surface area (Å²) in [6.45, 7) is 3.45. The topological polar surface area (TPSA) is 137 Å². The molecule has 44 heavy (non-hydrogen) atoms. The van der Waals surface area contributed by atoms with Gasteiger partial charge in [0.15, 0.2) is 10.8 Å².